The van der Waals surface area contributed by atoms with Crippen LogP contribution in [0.3, 0.4) is 0 Å². The van der Waals surface area contributed by atoms with Gasteiger partial charge < -0.3 is 19.5 Å². The highest BCUT2D eigenvalue weighted by atomic mass is 32.2. The van der Waals surface area contributed by atoms with E-state index >= 15 is 0 Å². The minimum Gasteiger partial charge on any atom is -0.493 e. The van der Waals surface area contributed by atoms with Gasteiger partial charge in [0.2, 0.25) is 0 Å². The molecule has 1 aliphatic heterocycles. The molecule has 0 saturated carbocycles. The van der Waals surface area contributed by atoms with Gasteiger partial charge in [-0.1, -0.05) is 6.07 Å². The summed E-state index contributed by atoms with van der Waals surface area (Å²) in [5.41, 5.74) is 2.30. The number of aliphatic hydroxyl groups is 1. The number of rotatable bonds is 8. The Morgan fingerprint density at radius 3 is 2.20 bits per heavy atom. The number of nitrogens with zero attached hydrogens (tertiary/aromatic N) is 2. The van der Waals surface area contributed by atoms with Crippen LogP contribution in [0.2, 0.25) is 0 Å². The van der Waals surface area contributed by atoms with Gasteiger partial charge in [-0.25, -0.2) is 4.90 Å². The number of amides is 2. The van der Waals surface area contributed by atoms with Gasteiger partial charge in [0.05, 0.1) is 37.0 Å². The second kappa shape index (κ2) is 9.23. The molecule has 0 spiro atoms. The van der Waals surface area contributed by atoms with Crippen molar-refractivity contribution in [2.24, 2.45) is 0 Å². The lowest BCUT2D eigenvalue weighted by Gasteiger charge is -2.18. The van der Waals surface area contributed by atoms with Gasteiger partial charge in [0, 0.05) is 25.5 Å². The molecule has 2 amide bonds. The smallest absolute Gasteiger partial charge is 0.272 e. The first-order valence-electron chi connectivity index (χ1n) is 9.29. The summed E-state index contributed by atoms with van der Waals surface area (Å²) in [5.74, 6) is 0.479. The minimum absolute atomic E-state index is 0.105. The number of benzene rings is 2. The maximum atomic E-state index is 13.4. The van der Waals surface area contributed by atoms with Gasteiger partial charge in [-0.05, 0) is 42.0 Å². The summed E-state index contributed by atoms with van der Waals surface area (Å²) in [6.07, 6.45) is 0. The van der Waals surface area contributed by atoms with Crippen LogP contribution in [0.15, 0.2) is 47.4 Å². The lowest BCUT2D eigenvalue weighted by atomic mass is 10.1. The van der Waals surface area contributed by atoms with Crippen LogP contribution in [0.1, 0.15) is 5.56 Å². The number of hydrogen-bond acceptors (Lipinski definition) is 7. The van der Waals surface area contributed by atoms with Crippen LogP contribution in [0.25, 0.3) is 5.57 Å². The molecule has 2 aromatic rings. The average Bonchev–Trinajstić information content (AvgIpc) is 3.01. The quantitative estimate of drug-likeness (QED) is 0.648. The number of methoxy groups -OCH3 is 2. The van der Waals surface area contributed by atoms with E-state index in [9.17, 15) is 14.7 Å². The van der Waals surface area contributed by atoms with Crippen LogP contribution in [-0.2, 0) is 9.59 Å². The molecular formula is C22H24N2O5S. The molecule has 0 radical (unpaired) electrons. The first-order chi connectivity index (χ1) is 14.4. The number of ether oxygens (including phenoxy) is 2. The number of carbonyl (C=O) groups is 2. The van der Waals surface area contributed by atoms with Crippen LogP contribution >= 0.6 is 11.8 Å². The third-order valence-corrected chi connectivity index (χ3v) is 5.73. The summed E-state index contributed by atoms with van der Waals surface area (Å²) in [4.78, 5) is 29.9. The van der Waals surface area contributed by atoms with E-state index in [0.29, 0.717) is 33.4 Å². The Labute approximate surface area is 179 Å². The van der Waals surface area contributed by atoms with Gasteiger partial charge in [-0.2, -0.15) is 0 Å². The van der Waals surface area contributed by atoms with Gasteiger partial charge in [0.15, 0.2) is 11.5 Å². The molecule has 1 N–H and O–H groups in total. The SMILES string of the molecule is COc1ccc(C2=C(SCCO)C(=O)N(c3ccc(N(C)C)cc3)C2=O)cc1OC. The molecule has 8 heteroatoms. The van der Waals surface area contributed by atoms with Crippen molar-refractivity contribution >= 4 is 40.5 Å². The van der Waals surface area contributed by atoms with Gasteiger partial charge in [0.1, 0.15) is 0 Å². The predicted molar refractivity (Wildman–Crippen MR) is 119 cm³/mol. The molecule has 2 aromatic carbocycles. The normalized spacial score (nSPS) is 13.8. The molecule has 0 unspecified atom stereocenters. The number of carbonyl (C=O) groups excluding carboxylic acids is 2. The molecule has 1 aliphatic rings. The zero-order valence-electron chi connectivity index (χ0n) is 17.3. The predicted octanol–water partition coefficient (Wildman–Crippen LogP) is 2.78. The molecule has 0 aromatic heterocycles. The highest BCUT2D eigenvalue weighted by Gasteiger charge is 2.40. The van der Waals surface area contributed by atoms with Crippen molar-refractivity contribution in [3.63, 3.8) is 0 Å². The van der Waals surface area contributed by atoms with E-state index in [1.807, 2.05) is 31.1 Å². The molecule has 0 aliphatic carbocycles. The minimum atomic E-state index is -0.412. The van der Waals surface area contributed by atoms with Crippen molar-refractivity contribution < 1.29 is 24.2 Å². The van der Waals surface area contributed by atoms with Gasteiger partial charge in [0.25, 0.3) is 11.8 Å². The number of aliphatic hydroxyl groups excluding tert-OH is 1. The highest BCUT2D eigenvalue weighted by molar-refractivity contribution is 8.04. The van der Waals surface area contributed by atoms with Gasteiger partial charge >= 0.3 is 0 Å². The molecular weight excluding hydrogens is 404 g/mol. The Kier molecular flexibility index (Phi) is 6.69. The monoisotopic (exact) mass is 428 g/mol. The first kappa shape index (κ1) is 21.7. The van der Waals surface area contributed by atoms with Crippen LogP contribution in [0.5, 0.6) is 11.5 Å². The van der Waals surface area contributed by atoms with Crippen molar-refractivity contribution in [2.75, 3.05) is 50.5 Å². The maximum absolute atomic E-state index is 13.4. The Balaban J connectivity index is 2.06. The summed E-state index contributed by atoms with van der Waals surface area (Å²) >= 11 is 1.17. The molecule has 3 rings (SSSR count). The Morgan fingerprint density at radius 2 is 1.63 bits per heavy atom. The molecule has 158 valence electrons. The highest BCUT2D eigenvalue weighted by Crippen LogP contribution is 2.40. The Hall–Kier alpha value is -2.97. The molecule has 7 nitrogen and oxygen atoms in total. The summed E-state index contributed by atoms with van der Waals surface area (Å²) in [6, 6.07) is 12.3. The zero-order chi connectivity index (χ0) is 21.8. The maximum Gasteiger partial charge on any atom is 0.272 e. The van der Waals surface area contributed by atoms with E-state index in [0.717, 1.165) is 5.69 Å². The van der Waals surface area contributed by atoms with E-state index in [1.165, 1.54) is 30.9 Å². The van der Waals surface area contributed by atoms with E-state index in [2.05, 4.69) is 0 Å². The fraction of sp³-hybridized carbons (Fsp3) is 0.273. The van der Waals surface area contributed by atoms with Crippen LogP contribution in [0, 0.1) is 0 Å². The second-order valence-corrected chi connectivity index (χ2v) is 7.81. The number of anilines is 2. The average molecular weight is 429 g/mol. The topological polar surface area (TPSA) is 79.3 Å². The van der Waals surface area contributed by atoms with Crippen LogP contribution in [0.4, 0.5) is 11.4 Å². The Morgan fingerprint density at radius 1 is 0.967 bits per heavy atom. The first-order valence-corrected chi connectivity index (χ1v) is 10.3. The fourth-order valence-electron chi connectivity index (χ4n) is 3.17. The fourth-order valence-corrected chi connectivity index (χ4v) is 4.03. The van der Waals surface area contributed by atoms with Crippen molar-refractivity contribution in [1.82, 2.24) is 0 Å². The van der Waals surface area contributed by atoms with Crippen LogP contribution in [-0.4, -0.2) is 57.6 Å². The van der Waals surface area contributed by atoms with Gasteiger partial charge in [-0.3, -0.25) is 9.59 Å². The molecule has 1 heterocycles. The van der Waals surface area contributed by atoms with Crippen molar-refractivity contribution in [1.29, 1.82) is 0 Å². The van der Waals surface area contributed by atoms with E-state index in [4.69, 9.17) is 9.47 Å². The Bertz CT molecular complexity index is 986. The summed E-state index contributed by atoms with van der Waals surface area (Å²) in [7, 11) is 6.88. The molecule has 0 saturated heterocycles. The van der Waals surface area contributed by atoms with Gasteiger partial charge in [-0.15, -0.1) is 11.8 Å². The number of hydrogen-bond donors (Lipinski definition) is 1. The van der Waals surface area contributed by atoms with E-state index < -0.39 is 11.8 Å². The van der Waals surface area contributed by atoms with Crippen molar-refractivity contribution in [2.45, 2.75) is 0 Å². The molecule has 0 fully saturated rings. The van der Waals surface area contributed by atoms with E-state index in [-0.39, 0.29) is 12.2 Å². The lowest BCUT2D eigenvalue weighted by molar-refractivity contribution is -0.119. The van der Waals surface area contributed by atoms with Crippen LogP contribution < -0.4 is 19.3 Å². The molecule has 30 heavy (non-hydrogen) atoms. The summed E-state index contributed by atoms with van der Waals surface area (Å²) < 4.78 is 10.6. The summed E-state index contributed by atoms with van der Waals surface area (Å²) in [6.45, 7) is -0.105. The second-order valence-electron chi connectivity index (χ2n) is 6.70. The summed E-state index contributed by atoms with van der Waals surface area (Å²) in [5, 5.41) is 9.26. The third kappa shape index (κ3) is 4.01. The number of thioether (sulfide) groups is 1. The third-order valence-electron chi connectivity index (χ3n) is 4.68. The van der Waals surface area contributed by atoms with Crippen molar-refractivity contribution in [3.05, 3.63) is 52.9 Å². The molecule has 0 bridgehead atoms. The van der Waals surface area contributed by atoms with E-state index in [1.54, 1.807) is 30.3 Å². The standard InChI is InChI=1S/C22H24N2O5S/c1-23(2)15-6-8-16(9-7-15)24-21(26)19(20(22(24)27)30-12-11-25)14-5-10-17(28-3)18(13-14)29-4/h5-10,13,25H,11-12H2,1-4H3. The number of imide groups is 1. The lowest BCUT2D eigenvalue weighted by Crippen LogP contribution is -2.31. The zero-order valence-corrected chi connectivity index (χ0v) is 18.2. The van der Waals surface area contributed by atoms with Crippen molar-refractivity contribution in [3.8, 4) is 11.5 Å². The molecule has 0 atom stereocenters. The largest absolute Gasteiger partial charge is 0.493 e.